The molecule has 12 heteroatoms. The molecule has 190 valence electrons. The lowest BCUT2D eigenvalue weighted by Crippen LogP contribution is -2.29. The number of alkyl halides is 3. The van der Waals surface area contributed by atoms with Crippen molar-refractivity contribution < 1.29 is 27.4 Å². The average Bonchev–Trinajstić information content (AvgIpc) is 2.85. The number of unbranched alkanes of at least 4 members (excludes halogenated alkanes) is 1. The molecule has 3 rings (SSSR count). The highest BCUT2D eigenvalue weighted by atomic mass is 19.4. The van der Waals surface area contributed by atoms with Crippen LogP contribution in [-0.2, 0) is 4.79 Å². The van der Waals surface area contributed by atoms with Crippen LogP contribution in [0.5, 0.6) is 11.5 Å². The summed E-state index contributed by atoms with van der Waals surface area (Å²) in [5.41, 5.74) is 6.53. The number of benzene rings is 2. The summed E-state index contributed by atoms with van der Waals surface area (Å²) in [5, 5.41) is 13.3. The Kier molecular flexibility index (Phi) is 8.66. The Bertz CT molecular complexity index is 1260. The van der Waals surface area contributed by atoms with Gasteiger partial charge in [0, 0.05) is 29.9 Å². The molecule has 0 unspecified atom stereocenters. The molecular formula is C24H25F3N6O3. The van der Waals surface area contributed by atoms with E-state index in [1.807, 2.05) is 6.92 Å². The van der Waals surface area contributed by atoms with E-state index in [9.17, 15) is 18.0 Å². The number of nitrogens with two attached hydrogens (primary N) is 1. The minimum absolute atomic E-state index is 0.115. The molecule has 0 fully saturated rings. The number of carbonyl (C=O) groups is 1. The standard InChI is InChI=1S/C24H25F3N6O3/c1-2-3-9-30-21(34)14-35-17-6-4-5-15(10-17)22-32-20-8-7-18(36-24(25,26)27)11-19(20)23(33-22)31-16(12-28)13-29/h4-8,10-13,28H,2-3,9,14,29H2,1H3,(H,30,34)(H,31,32,33)/b16-13+,28-12?. The van der Waals surface area contributed by atoms with Gasteiger partial charge in [-0.2, -0.15) is 0 Å². The number of hydrogen-bond acceptors (Lipinski definition) is 8. The Hall–Kier alpha value is -4.35. The molecule has 1 heterocycles. The number of ether oxygens (including phenoxy) is 2. The first-order valence-electron chi connectivity index (χ1n) is 11.0. The van der Waals surface area contributed by atoms with Gasteiger partial charge in [0.25, 0.3) is 5.91 Å². The van der Waals surface area contributed by atoms with Gasteiger partial charge >= 0.3 is 6.36 Å². The molecule has 0 aliphatic heterocycles. The predicted octanol–water partition coefficient (Wildman–Crippen LogP) is 4.35. The fourth-order valence-corrected chi connectivity index (χ4v) is 3.12. The molecular weight excluding hydrogens is 477 g/mol. The number of rotatable bonds is 11. The lowest BCUT2D eigenvalue weighted by molar-refractivity contribution is -0.274. The number of carbonyl (C=O) groups excluding carboxylic acids is 1. The number of nitrogens with zero attached hydrogens (tertiary/aromatic N) is 2. The summed E-state index contributed by atoms with van der Waals surface area (Å²) in [7, 11) is 0. The number of fused-ring (bicyclic) bond motifs is 1. The largest absolute Gasteiger partial charge is 0.573 e. The molecule has 0 bridgehead atoms. The van der Waals surface area contributed by atoms with E-state index in [4.69, 9.17) is 15.9 Å². The van der Waals surface area contributed by atoms with E-state index in [-0.39, 0.29) is 35.2 Å². The van der Waals surface area contributed by atoms with Crippen LogP contribution in [0.1, 0.15) is 19.8 Å². The summed E-state index contributed by atoms with van der Waals surface area (Å²) >= 11 is 0. The third kappa shape index (κ3) is 7.32. The molecule has 0 saturated carbocycles. The topological polar surface area (TPSA) is 135 Å². The zero-order valence-electron chi connectivity index (χ0n) is 19.4. The van der Waals surface area contributed by atoms with E-state index < -0.39 is 12.1 Å². The van der Waals surface area contributed by atoms with E-state index in [1.54, 1.807) is 24.3 Å². The van der Waals surface area contributed by atoms with Crippen LogP contribution in [0.2, 0.25) is 0 Å². The van der Waals surface area contributed by atoms with Crippen molar-refractivity contribution in [3.05, 3.63) is 54.4 Å². The lowest BCUT2D eigenvalue weighted by Gasteiger charge is -2.14. The molecule has 0 aliphatic rings. The van der Waals surface area contributed by atoms with Crippen LogP contribution in [0, 0.1) is 5.41 Å². The monoisotopic (exact) mass is 502 g/mol. The maximum Gasteiger partial charge on any atom is 0.573 e. The van der Waals surface area contributed by atoms with Crippen molar-refractivity contribution in [2.45, 2.75) is 26.1 Å². The average molecular weight is 502 g/mol. The van der Waals surface area contributed by atoms with E-state index in [0.717, 1.165) is 37.4 Å². The van der Waals surface area contributed by atoms with Crippen molar-refractivity contribution in [1.82, 2.24) is 15.3 Å². The highest BCUT2D eigenvalue weighted by molar-refractivity contribution is 5.94. The molecule has 0 saturated heterocycles. The van der Waals surface area contributed by atoms with Gasteiger partial charge < -0.3 is 31.3 Å². The highest BCUT2D eigenvalue weighted by Crippen LogP contribution is 2.32. The van der Waals surface area contributed by atoms with Crippen molar-refractivity contribution in [3.8, 4) is 22.9 Å². The van der Waals surface area contributed by atoms with Crippen LogP contribution in [-0.4, -0.2) is 41.6 Å². The first-order chi connectivity index (χ1) is 17.2. The number of anilines is 1. The molecule has 1 aromatic heterocycles. The minimum Gasteiger partial charge on any atom is -0.484 e. The first-order valence-corrected chi connectivity index (χ1v) is 11.0. The second kappa shape index (κ2) is 11.9. The second-order valence-corrected chi connectivity index (χ2v) is 7.53. The van der Waals surface area contributed by atoms with Crippen molar-refractivity contribution in [2.75, 3.05) is 18.5 Å². The van der Waals surface area contributed by atoms with E-state index in [0.29, 0.717) is 23.4 Å². The molecule has 3 aromatic rings. The molecule has 0 aliphatic carbocycles. The zero-order chi connectivity index (χ0) is 26.1. The van der Waals surface area contributed by atoms with Gasteiger partial charge in [-0.15, -0.1) is 13.2 Å². The molecule has 2 aromatic carbocycles. The Labute approximate surface area is 205 Å². The van der Waals surface area contributed by atoms with E-state index in [1.165, 1.54) is 6.07 Å². The van der Waals surface area contributed by atoms with Gasteiger partial charge in [0.1, 0.15) is 17.3 Å². The van der Waals surface area contributed by atoms with Gasteiger partial charge in [0.15, 0.2) is 12.4 Å². The summed E-state index contributed by atoms with van der Waals surface area (Å²) in [6, 6.07) is 10.4. The maximum atomic E-state index is 12.7. The van der Waals surface area contributed by atoms with E-state index >= 15 is 0 Å². The normalized spacial score (nSPS) is 11.7. The van der Waals surface area contributed by atoms with Crippen LogP contribution in [0.3, 0.4) is 0 Å². The molecule has 0 spiro atoms. The summed E-state index contributed by atoms with van der Waals surface area (Å²) < 4.78 is 47.7. The molecule has 9 nitrogen and oxygen atoms in total. The smallest absolute Gasteiger partial charge is 0.484 e. The number of nitrogens with one attached hydrogen (secondary N) is 3. The number of halogens is 3. The molecule has 0 radical (unpaired) electrons. The molecule has 1 amide bonds. The fourth-order valence-electron chi connectivity index (χ4n) is 3.12. The van der Waals surface area contributed by atoms with E-state index in [2.05, 4.69) is 25.3 Å². The summed E-state index contributed by atoms with van der Waals surface area (Å²) in [6.07, 6.45) is -0.975. The summed E-state index contributed by atoms with van der Waals surface area (Å²) in [6.45, 7) is 2.44. The summed E-state index contributed by atoms with van der Waals surface area (Å²) in [4.78, 5) is 20.8. The fraction of sp³-hybridized carbons (Fsp3) is 0.250. The number of aromatic nitrogens is 2. The van der Waals surface area contributed by atoms with Gasteiger partial charge in [-0.05, 0) is 36.8 Å². The predicted molar refractivity (Wildman–Crippen MR) is 130 cm³/mol. The van der Waals surface area contributed by atoms with Crippen LogP contribution in [0.4, 0.5) is 19.0 Å². The third-order valence-corrected chi connectivity index (χ3v) is 4.81. The SMILES string of the molecule is CCCCNC(=O)COc1cccc(-c2nc(N/C(C=N)=C/N)c3cc(OC(F)(F)F)ccc3n2)c1. The highest BCUT2D eigenvalue weighted by Gasteiger charge is 2.31. The quantitative estimate of drug-likeness (QED) is 0.226. The van der Waals surface area contributed by atoms with Crippen molar-refractivity contribution in [1.29, 1.82) is 5.41 Å². The van der Waals surface area contributed by atoms with Gasteiger partial charge in [-0.1, -0.05) is 25.5 Å². The van der Waals surface area contributed by atoms with Crippen LogP contribution in [0.15, 0.2) is 54.4 Å². The van der Waals surface area contributed by atoms with Crippen LogP contribution >= 0.6 is 0 Å². The van der Waals surface area contributed by atoms with Gasteiger partial charge in [-0.25, -0.2) is 9.97 Å². The maximum absolute atomic E-state index is 12.7. The Balaban J connectivity index is 1.94. The van der Waals surface area contributed by atoms with Crippen LogP contribution in [0.25, 0.3) is 22.3 Å². The van der Waals surface area contributed by atoms with Crippen molar-refractivity contribution in [3.63, 3.8) is 0 Å². The number of allylic oxidation sites excluding steroid dienone is 1. The van der Waals surface area contributed by atoms with Crippen LogP contribution < -0.4 is 25.8 Å². The number of hydrogen-bond donors (Lipinski definition) is 4. The van der Waals surface area contributed by atoms with Crippen molar-refractivity contribution >= 4 is 28.8 Å². The Morgan fingerprint density at radius 2 is 1.97 bits per heavy atom. The van der Waals surface area contributed by atoms with Crippen molar-refractivity contribution in [2.24, 2.45) is 5.73 Å². The third-order valence-electron chi connectivity index (χ3n) is 4.81. The second-order valence-electron chi connectivity index (χ2n) is 7.53. The molecule has 36 heavy (non-hydrogen) atoms. The summed E-state index contributed by atoms with van der Waals surface area (Å²) in [5.74, 6) is 0.0625. The first kappa shape index (κ1) is 26.3. The zero-order valence-corrected chi connectivity index (χ0v) is 19.4. The van der Waals surface area contributed by atoms with Gasteiger partial charge in [0.05, 0.1) is 11.2 Å². The number of amides is 1. The van der Waals surface area contributed by atoms with Gasteiger partial charge in [0.2, 0.25) is 0 Å². The Morgan fingerprint density at radius 3 is 2.67 bits per heavy atom. The van der Waals surface area contributed by atoms with Gasteiger partial charge in [-0.3, -0.25) is 4.79 Å². The Morgan fingerprint density at radius 1 is 1.17 bits per heavy atom. The lowest BCUT2D eigenvalue weighted by atomic mass is 10.1. The molecule has 0 atom stereocenters. The minimum atomic E-state index is -4.87. The molecule has 5 N–H and O–H groups in total.